The zero-order chi connectivity index (χ0) is 16.9. The van der Waals surface area contributed by atoms with Crippen molar-refractivity contribution in [2.24, 2.45) is 0 Å². The molecule has 3 rings (SSSR count). The number of ether oxygens (including phenoxy) is 2. The Morgan fingerprint density at radius 2 is 1.83 bits per heavy atom. The van der Waals surface area contributed by atoms with Gasteiger partial charge in [0.15, 0.2) is 0 Å². The Kier molecular flexibility index (Phi) is 5.17. The summed E-state index contributed by atoms with van der Waals surface area (Å²) in [6.07, 6.45) is 2.32. The van der Waals surface area contributed by atoms with Crippen LogP contribution >= 0.6 is 0 Å². The maximum atomic E-state index is 9.18. The molecule has 0 N–H and O–H groups in total. The standard InChI is InChI=1S/C21H23NO2/c1-15(2)21-12-18(9-8-17(21)13-22)24-20-10-19(11-20)23-14-16-6-4-3-5-7-16/h3-9,12,15,19-20H,10-11,14H2,1-2H3/t19-,20-. The first-order chi connectivity index (χ1) is 11.7. The van der Waals surface area contributed by atoms with Crippen LogP contribution in [0.5, 0.6) is 5.75 Å². The van der Waals surface area contributed by atoms with Crippen molar-refractivity contribution in [3.63, 3.8) is 0 Å². The molecule has 0 atom stereocenters. The van der Waals surface area contributed by atoms with Crippen LogP contribution in [-0.2, 0) is 11.3 Å². The summed E-state index contributed by atoms with van der Waals surface area (Å²) in [5.74, 6) is 1.16. The molecule has 0 aliphatic heterocycles. The van der Waals surface area contributed by atoms with Gasteiger partial charge in [0, 0.05) is 12.8 Å². The minimum Gasteiger partial charge on any atom is -0.490 e. The van der Waals surface area contributed by atoms with Gasteiger partial charge in [0.25, 0.3) is 0 Å². The lowest BCUT2D eigenvalue weighted by Crippen LogP contribution is -2.39. The van der Waals surface area contributed by atoms with Gasteiger partial charge < -0.3 is 9.47 Å². The van der Waals surface area contributed by atoms with Crippen LogP contribution in [0.4, 0.5) is 0 Å². The molecule has 24 heavy (non-hydrogen) atoms. The lowest BCUT2D eigenvalue weighted by molar-refractivity contribution is -0.0683. The SMILES string of the molecule is CC(C)c1cc(O[C@H]2C[C@H](OCc3ccccc3)C2)ccc1C#N. The highest BCUT2D eigenvalue weighted by atomic mass is 16.5. The van der Waals surface area contributed by atoms with Crippen LogP contribution < -0.4 is 4.74 Å². The largest absolute Gasteiger partial charge is 0.490 e. The highest BCUT2D eigenvalue weighted by Crippen LogP contribution is 2.31. The molecule has 124 valence electrons. The monoisotopic (exact) mass is 321 g/mol. The van der Waals surface area contributed by atoms with Crippen molar-refractivity contribution in [3.8, 4) is 11.8 Å². The van der Waals surface area contributed by atoms with Crippen molar-refractivity contribution in [1.29, 1.82) is 5.26 Å². The van der Waals surface area contributed by atoms with E-state index in [0.29, 0.717) is 12.5 Å². The summed E-state index contributed by atoms with van der Waals surface area (Å²) in [6.45, 7) is 4.85. The summed E-state index contributed by atoms with van der Waals surface area (Å²) >= 11 is 0. The summed E-state index contributed by atoms with van der Waals surface area (Å²) in [4.78, 5) is 0. The molecular formula is C21H23NO2. The zero-order valence-corrected chi connectivity index (χ0v) is 14.2. The van der Waals surface area contributed by atoms with Gasteiger partial charge in [-0.05, 0) is 35.2 Å². The fourth-order valence-corrected chi connectivity index (χ4v) is 2.92. The van der Waals surface area contributed by atoms with E-state index in [-0.39, 0.29) is 12.2 Å². The zero-order valence-electron chi connectivity index (χ0n) is 14.2. The Balaban J connectivity index is 1.49. The van der Waals surface area contributed by atoms with E-state index in [1.54, 1.807) is 0 Å². The fraction of sp³-hybridized carbons (Fsp3) is 0.381. The molecule has 0 unspecified atom stereocenters. The van der Waals surface area contributed by atoms with Gasteiger partial charge in [-0.1, -0.05) is 44.2 Å². The quantitative estimate of drug-likeness (QED) is 0.767. The molecule has 1 fully saturated rings. The summed E-state index contributed by atoms with van der Waals surface area (Å²) in [6, 6.07) is 18.2. The molecule has 2 aromatic rings. The van der Waals surface area contributed by atoms with Gasteiger partial charge in [-0.2, -0.15) is 5.26 Å². The number of benzene rings is 2. The smallest absolute Gasteiger partial charge is 0.120 e. The minimum atomic E-state index is 0.207. The molecule has 0 amide bonds. The van der Waals surface area contributed by atoms with E-state index < -0.39 is 0 Å². The van der Waals surface area contributed by atoms with Crippen LogP contribution in [0.2, 0.25) is 0 Å². The number of nitriles is 1. The van der Waals surface area contributed by atoms with Crippen LogP contribution in [0.3, 0.4) is 0 Å². The van der Waals surface area contributed by atoms with Crippen molar-refractivity contribution in [3.05, 3.63) is 65.2 Å². The van der Waals surface area contributed by atoms with Gasteiger partial charge in [-0.3, -0.25) is 0 Å². The number of rotatable bonds is 6. The van der Waals surface area contributed by atoms with Gasteiger partial charge in [0.05, 0.1) is 24.3 Å². The van der Waals surface area contributed by atoms with Crippen LogP contribution in [0, 0.1) is 11.3 Å². The van der Waals surface area contributed by atoms with Gasteiger partial charge in [-0.15, -0.1) is 0 Å². The molecule has 0 saturated heterocycles. The topological polar surface area (TPSA) is 42.2 Å². The Morgan fingerprint density at radius 1 is 1.08 bits per heavy atom. The molecule has 0 spiro atoms. The normalized spacial score (nSPS) is 19.6. The van der Waals surface area contributed by atoms with Crippen LogP contribution in [0.15, 0.2) is 48.5 Å². The first-order valence-electron chi connectivity index (χ1n) is 8.52. The number of hydrogen-bond donors (Lipinski definition) is 0. The number of nitrogens with zero attached hydrogens (tertiary/aromatic N) is 1. The number of hydrogen-bond acceptors (Lipinski definition) is 3. The molecule has 1 saturated carbocycles. The molecule has 1 aliphatic carbocycles. The van der Waals surface area contributed by atoms with E-state index in [9.17, 15) is 5.26 Å². The second-order valence-corrected chi connectivity index (χ2v) is 6.65. The summed E-state index contributed by atoms with van der Waals surface area (Å²) in [5.41, 5.74) is 2.98. The Labute approximate surface area is 143 Å². The first-order valence-corrected chi connectivity index (χ1v) is 8.52. The second kappa shape index (κ2) is 7.51. The Morgan fingerprint density at radius 3 is 2.50 bits per heavy atom. The van der Waals surface area contributed by atoms with Crippen LogP contribution in [0.25, 0.3) is 0 Å². The van der Waals surface area contributed by atoms with Gasteiger partial charge in [0.1, 0.15) is 11.9 Å². The van der Waals surface area contributed by atoms with E-state index in [1.165, 1.54) is 5.56 Å². The molecule has 0 heterocycles. The predicted octanol–water partition coefficient (Wildman–Crippen LogP) is 4.81. The van der Waals surface area contributed by atoms with E-state index in [0.717, 1.165) is 29.7 Å². The lowest BCUT2D eigenvalue weighted by atomic mass is 9.91. The molecule has 0 radical (unpaired) electrons. The maximum Gasteiger partial charge on any atom is 0.120 e. The predicted molar refractivity (Wildman–Crippen MR) is 93.9 cm³/mol. The molecule has 3 heteroatoms. The summed E-state index contributed by atoms with van der Waals surface area (Å²) in [7, 11) is 0. The van der Waals surface area contributed by atoms with Gasteiger partial charge in [0.2, 0.25) is 0 Å². The highest BCUT2D eigenvalue weighted by Gasteiger charge is 2.31. The van der Waals surface area contributed by atoms with Gasteiger partial charge >= 0.3 is 0 Å². The highest BCUT2D eigenvalue weighted by molar-refractivity contribution is 5.44. The summed E-state index contributed by atoms with van der Waals surface area (Å²) < 4.78 is 11.9. The van der Waals surface area contributed by atoms with Crippen LogP contribution in [-0.4, -0.2) is 12.2 Å². The van der Waals surface area contributed by atoms with Crippen LogP contribution in [0.1, 0.15) is 49.3 Å². The molecular weight excluding hydrogens is 298 g/mol. The van der Waals surface area contributed by atoms with Crippen molar-refractivity contribution in [2.45, 2.75) is 51.4 Å². The maximum absolute atomic E-state index is 9.18. The molecule has 1 aliphatic rings. The van der Waals surface area contributed by atoms with E-state index >= 15 is 0 Å². The average Bonchev–Trinajstić information content (AvgIpc) is 2.57. The van der Waals surface area contributed by atoms with Crippen molar-refractivity contribution < 1.29 is 9.47 Å². The average molecular weight is 321 g/mol. The Bertz CT molecular complexity index is 712. The van der Waals surface area contributed by atoms with Gasteiger partial charge in [-0.25, -0.2) is 0 Å². The minimum absolute atomic E-state index is 0.207. The third-order valence-electron chi connectivity index (χ3n) is 4.45. The van der Waals surface area contributed by atoms with E-state index in [1.807, 2.05) is 36.4 Å². The summed E-state index contributed by atoms with van der Waals surface area (Å²) in [5, 5.41) is 9.18. The lowest BCUT2D eigenvalue weighted by Gasteiger charge is -2.35. The van der Waals surface area contributed by atoms with Crippen molar-refractivity contribution in [1.82, 2.24) is 0 Å². The van der Waals surface area contributed by atoms with Crippen molar-refractivity contribution >= 4 is 0 Å². The molecule has 0 aromatic heterocycles. The van der Waals surface area contributed by atoms with E-state index in [2.05, 4.69) is 32.0 Å². The Hall–Kier alpha value is -2.31. The first kappa shape index (κ1) is 16.5. The molecule has 3 nitrogen and oxygen atoms in total. The third kappa shape index (κ3) is 3.96. The van der Waals surface area contributed by atoms with E-state index in [4.69, 9.17) is 9.47 Å². The molecule has 0 bridgehead atoms. The molecule has 2 aromatic carbocycles. The second-order valence-electron chi connectivity index (χ2n) is 6.65. The fourth-order valence-electron chi connectivity index (χ4n) is 2.92. The third-order valence-corrected chi connectivity index (χ3v) is 4.45. The van der Waals surface area contributed by atoms with Crippen molar-refractivity contribution in [2.75, 3.05) is 0 Å².